The van der Waals surface area contributed by atoms with Crippen LogP contribution < -0.4 is 4.90 Å². The number of β-amino-alcohol motifs (C(OH)–C–C–N with tert-alkyl or cyclic N) is 1. The summed E-state index contributed by atoms with van der Waals surface area (Å²) in [6.45, 7) is 0.234. The van der Waals surface area contributed by atoms with Crippen LogP contribution in [0.25, 0.3) is 0 Å². The van der Waals surface area contributed by atoms with Crippen LogP contribution in [0, 0.1) is 0 Å². The van der Waals surface area contributed by atoms with Crippen LogP contribution >= 0.6 is 0 Å². The highest BCUT2D eigenvalue weighted by molar-refractivity contribution is 6.14. The first-order valence-corrected chi connectivity index (χ1v) is 6.84. The molecule has 1 fully saturated rings. The van der Waals surface area contributed by atoms with Gasteiger partial charge >= 0.3 is 0 Å². The summed E-state index contributed by atoms with van der Waals surface area (Å²) in [4.78, 5) is 26.0. The van der Waals surface area contributed by atoms with Crippen molar-refractivity contribution in [2.75, 3.05) is 11.4 Å². The number of para-hydroxylation sites is 1. The van der Waals surface area contributed by atoms with Gasteiger partial charge in [-0.25, -0.2) is 0 Å². The maximum Gasteiger partial charge on any atom is 0.229 e. The first kappa shape index (κ1) is 13.5. The highest BCUT2D eigenvalue weighted by Gasteiger charge is 2.31. The van der Waals surface area contributed by atoms with Crippen LogP contribution in [0.15, 0.2) is 54.6 Å². The Labute approximate surface area is 122 Å². The van der Waals surface area contributed by atoms with Gasteiger partial charge in [0, 0.05) is 11.1 Å². The van der Waals surface area contributed by atoms with E-state index in [0.717, 1.165) is 0 Å². The number of hydrogen-bond acceptors (Lipinski definition) is 3. The second-order valence-electron chi connectivity index (χ2n) is 5.07. The summed E-state index contributed by atoms with van der Waals surface area (Å²) >= 11 is 0. The van der Waals surface area contributed by atoms with E-state index in [1.807, 2.05) is 6.07 Å². The topological polar surface area (TPSA) is 57.6 Å². The van der Waals surface area contributed by atoms with Gasteiger partial charge in [-0.2, -0.15) is 0 Å². The lowest BCUT2D eigenvalue weighted by Gasteiger charge is -2.19. The molecule has 1 atom stereocenters. The number of nitrogens with zero attached hydrogens (tertiary/aromatic N) is 1. The Hall–Kier alpha value is -2.46. The van der Waals surface area contributed by atoms with E-state index in [9.17, 15) is 14.7 Å². The van der Waals surface area contributed by atoms with Crippen LogP contribution in [0.5, 0.6) is 0 Å². The molecule has 3 rings (SSSR count). The number of aliphatic hydroxyl groups excluding tert-OH is 1. The Morgan fingerprint density at radius 3 is 2.38 bits per heavy atom. The SMILES string of the molecule is O=C(c1ccccc1)c1ccccc1N1CC(O)CC1=O. The van der Waals surface area contributed by atoms with Crippen LogP contribution in [-0.2, 0) is 4.79 Å². The van der Waals surface area contributed by atoms with Crippen LogP contribution in [0.1, 0.15) is 22.3 Å². The van der Waals surface area contributed by atoms with Gasteiger partial charge in [-0.15, -0.1) is 0 Å². The van der Waals surface area contributed by atoms with Gasteiger partial charge in [0.15, 0.2) is 5.78 Å². The van der Waals surface area contributed by atoms with E-state index in [2.05, 4.69) is 0 Å². The quantitative estimate of drug-likeness (QED) is 0.876. The third kappa shape index (κ3) is 2.58. The van der Waals surface area contributed by atoms with Gasteiger partial charge in [-0.05, 0) is 12.1 Å². The van der Waals surface area contributed by atoms with Crippen LogP contribution in [-0.4, -0.2) is 29.4 Å². The van der Waals surface area contributed by atoms with Crippen molar-refractivity contribution in [1.82, 2.24) is 0 Å². The van der Waals surface area contributed by atoms with Gasteiger partial charge in [0.25, 0.3) is 0 Å². The Bertz CT molecular complexity index is 681. The number of carbonyl (C=O) groups is 2. The first-order chi connectivity index (χ1) is 10.2. The summed E-state index contributed by atoms with van der Waals surface area (Å²) in [6.07, 6.45) is -0.564. The van der Waals surface area contributed by atoms with Gasteiger partial charge < -0.3 is 10.0 Å². The third-order valence-corrected chi connectivity index (χ3v) is 3.58. The molecular formula is C17H15NO3. The molecule has 1 aliphatic heterocycles. The lowest BCUT2D eigenvalue weighted by Crippen LogP contribution is -2.27. The van der Waals surface area contributed by atoms with E-state index in [1.54, 1.807) is 48.5 Å². The first-order valence-electron chi connectivity index (χ1n) is 6.84. The maximum absolute atomic E-state index is 12.6. The number of ketones is 1. The lowest BCUT2D eigenvalue weighted by atomic mass is 10.0. The molecule has 1 unspecified atom stereocenters. The average Bonchev–Trinajstić information content (AvgIpc) is 2.86. The molecule has 0 saturated carbocycles. The minimum atomic E-state index is -0.669. The van der Waals surface area contributed by atoms with Gasteiger partial charge in [-0.1, -0.05) is 42.5 Å². The second kappa shape index (κ2) is 5.50. The van der Waals surface area contributed by atoms with E-state index >= 15 is 0 Å². The molecule has 0 radical (unpaired) electrons. The Morgan fingerprint density at radius 2 is 1.71 bits per heavy atom. The number of anilines is 1. The van der Waals surface area contributed by atoms with Crippen molar-refractivity contribution in [1.29, 1.82) is 0 Å². The number of benzene rings is 2. The molecule has 1 N–H and O–H groups in total. The third-order valence-electron chi connectivity index (χ3n) is 3.58. The summed E-state index contributed by atoms with van der Waals surface area (Å²) < 4.78 is 0. The Kier molecular flexibility index (Phi) is 3.54. The van der Waals surface area contributed by atoms with E-state index < -0.39 is 6.10 Å². The van der Waals surface area contributed by atoms with E-state index in [1.165, 1.54) is 4.90 Å². The normalized spacial score (nSPS) is 18.0. The molecule has 1 aliphatic rings. The zero-order chi connectivity index (χ0) is 14.8. The van der Waals surface area contributed by atoms with Crippen molar-refractivity contribution >= 4 is 17.4 Å². The number of amides is 1. The van der Waals surface area contributed by atoms with Crippen molar-refractivity contribution in [2.24, 2.45) is 0 Å². The zero-order valence-corrected chi connectivity index (χ0v) is 11.4. The van der Waals surface area contributed by atoms with Gasteiger partial charge in [0.05, 0.1) is 24.8 Å². The fourth-order valence-electron chi connectivity index (χ4n) is 2.57. The molecule has 21 heavy (non-hydrogen) atoms. The average molecular weight is 281 g/mol. The minimum Gasteiger partial charge on any atom is -0.391 e. The molecule has 0 spiro atoms. The molecule has 2 aromatic carbocycles. The van der Waals surface area contributed by atoms with Gasteiger partial charge in [-0.3, -0.25) is 9.59 Å². The molecule has 4 nitrogen and oxygen atoms in total. The fourth-order valence-corrected chi connectivity index (χ4v) is 2.57. The maximum atomic E-state index is 12.6. The van der Waals surface area contributed by atoms with Crippen molar-refractivity contribution in [3.05, 3.63) is 65.7 Å². The van der Waals surface area contributed by atoms with E-state index in [-0.39, 0.29) is 24.7 Å². The summed E-state index contributed by atoms with van der Waals surface area (Å²) in [6, 6.07) is 16.0. The fraction of sp³-hybridized carbons (Fsp3) is 0.176. The van der Waals surface area contributed by atoms with Crippen molar-refractivity contribution in [2.45, 2.75) is 12.5 Å². The molecule has 1 saturated heterocycles. The molecule has 0 aromatic heterocycles. The predicted molar refractivity (Wildman–Crippen MR) is 79.3 cm³/mol. The molecule has 4 heteroatoms. The Balaban J connectivity index is 2.01. The van der Waals surface area contributed by atoms with Gasteiger partial charge in [0.2, 0.25) is 5.91 Å². The second-order valence-corrected chi connectivity index (χ2v) is 5.07. The van der Waals surface area contributed by atoms with E-state index in [0.29, 0.717) is 16.8 Å². The molecular weight excluding hydrogens is 266 g/mol. The molecule has 106 valence electrons. The number of carbonyl (C=O) groups excluding carboxylic acids is 2. The predicted octanol–water partition coefficient (Wildman–Crippen LogP) is 2.02. The van der Waals surface area contributed by atoms with E-state index in [4.69, 9.17) is 0 Å². The van der Waals surface area contributed by atoms with Crippen molar-refractivity contribution in [3.8, 4) is 0 Å². The number of aliphatic hydroxyl groups is 1. The minimum absolute atomic E-state index is 0.105. The van der Waals surface area contributed by atoms with Crippen LogP contribution in [0.4, 0.5) is 5.69 Å². The van der Waals surface area contributed by atoms with Crippen molar-refractivity contribution in [3.63, 3.8) is 0 Å². The molecule has 1 heterocycles. The standard InChI is InChI=1S/C17H15NO3/c19-13-10-16(20)18(11-13)15-9-5-4-8-14(15)17(21)12-6-2-1-3-7-12/h1-9,13,19H,10-11H2. The largest absolute Gasteiger partial charge is 0.391 e. The molecule has 2 aromatic rings. The highest BCUT2D eigenvalue weighted by Crippen LogP contribution is 2.27. The summed E-state index contributed by atoms with van der Waals surface area (Å²) in [5.41, 5.74) is 1.62. The molecule has 0 aliphatic carbocycles. The lowest BCUT2D eigenvalue weighted by molar-refractivity contribution is -0.117. The van der Waals surface area contributed by atoms with Crippen molar-refractivity contribution < 1.29 is 14.7 Å². The molecule has 0 bridgehead atoms. The zero-order valence-electron chi connectivity index (χ0n) is 11.4. The number of rotatable bonds is 3. The van der Waals surface area contributed by atoms with Crippen LogP contribution in [0.2, 0.25) is 0 Å². The smallest absolute Gasteiger partial charge is 0.229 e. The monoisotopic (exact) mass is 281 g/mol. The van der Waals surface area contributed by atoms with Crippen LogP contribution in [0.3, 0.4) is 0 Å². The summed E-state index contributed by atoms with van der Waals surface area (Å²) in [7, 11) is 0. The number of hydrogen-bond donors (Lipinski definition) is 1. The highest BCUT2D eigenvalue weighted by atomic mass is 16.3. The summed E-state index contributed by atoms with van der Waals surface area (Å²) in [5, 5.41) is 9.63. The Morgan fingerprint density at radius 1 is 1.05 bits per heavy atom. The molecule has 1 amide bonds. The summed E-state index contributed by atoms with van der Waals surface area (Å²) in [5.74, 6) is -0.281. The van der Waals surface area contributed by atoms with Gasteiger partial charge in [0.1, 0.15) is 0 Å².